The molecule has 1 aliphatic heterocycles. The van der Waals surface area contributed by atoms with Crippen molar-refractivity contribution in [3.8, 4) is 11.5 Å². The zero-order valence-electron chi connectivity index (χ0n) is 21.2. The van der Waals surface area contributed by atoms with Crippen LogP contribution in [0.5, 0.6) is 0 Å². The molecule has 2 N–H and O–H groups in total. The Bertz CT molecular complexity index is 1470. The number of H-pyrrole nitrogens is 1. The van der Waals surface area contributed by atoms with Gasteiger partial charge in [-0.2, -0.15) is 0 Å². The molecule has 0 spiro atoms. The van der Waals surface area contributed by atoms with Crippen molar-refractivity contribution < 1.29 is 14.4 Å². The van der Waals surface area contributed by atoms with E-state index in [0.29, 0.717) is 48.3 Å². The van der Waals surface area contributed by atoms with Crippen LogP contribution < -0.4 is 10.9 Å². The second kappa shape index (κ2) is 10.7. The Kier molecular flexibility index (Phi) is 7.37. The number of rotatable bonds is 7. The summed E-state index contributed by atoms with van der Waals surface area (Å²) in [6.45, 7) is 8.23. The molecular weight excluding hydrogens is 472 g/mol. The van der Waals surface area contributed by atoms with Crippen LogP contribution in [0.15, 0.2) is 40.3 Å². The Hall–Kier alpha value is -4.47. The normalized spacial score (nSPS) is 13.5. The standard InChI is InChI=1S/C27H28N6O4/c1-15(13-34)22(14-35)33-8-7-20-6-5-19(10-21(20)12-33)11-28-27(37)25-31-23(18(4)26(36)32-25)24-29-16(2)9-17(3)30-24/h5-6,9-10,13-14H,7-8,11-12H2,1-4H3,(H,28,37)(H,31,32,36)/b22-15+. The summed E-state index contributed by atoms with van der Waals surface area (Å²) in [4.78, 5) is 65.7. The van der Waals surface area contributed by atoms with Crippen molar-refractivity contribution in [3.63, 3.8) is 0 Å². The molecule has 0 aliphatic carbocycles. The molecule has 1 aromatic carbocycles. The topological polar surface area (TPSA) is 138 Å². The second-order valence-electron chi connectivity index (χ2n) is 9.12. The largest absolute Gasteiger partial charge is 0.364 e. The summed E-state index contributed by atoms with van der Waals surface area (Å²) in [5.74, 6) is -0.361. The Morgan fingerprint density at radius 2 is 1.78 bits per heavy atom. The van der Waals surface area contributed by atoms with Crippen LogP contribution in [-0.2, 0) is 29.1 Å². The van der Waals surface area contributed by atoms with Crippen LogP contribution in [0.1, 0.15) is 51.2 Å². The van der Waals surface area contributed by atoms with E-state index in [2.05, 4.69) is 25.3 Å². The lowest BCUT2D eigenvalue weighted by molar-refractivity contribution is -0.108. The summed E-state index contributed by atoms with van der Waals surface area (Å²) in [6, 6.07) is 7.73. The van der Waals surface area contributed by atoms with Crippen molar-refractivity contribution in [2.45, 2.75) is 47.2 Å². The Labute approximate surface area is 213 Å². The highest BCUT2D eigenvalue weighted by Gasteiger charge is 2.21. The second-order valence-corrected chi connectivity index (χ2v) is 9.12. The highest BCUT2D eigenvalue weighted by molar-refractivity contribution is 5.90. The van der Waals surface area contributed by atoms with Gasteiger partial charge in [0.2, 0.25) is 0 Å². The van der Waals surface area contributed by atoms with Gasteiger partial charge in [0.15, 0.2) is 17.9 Å². The van der Waals surface area contributed by atoms with Gasteiger partial charge in [-0.1, -0.05) is 18.2 Å². The number of hydrogen-bond donors (Lipinski definition) is 2. The molecule has 0 saturated heterocycles. The lowest BCUT2D eigenvalue weighted by atomic mass is 9.96. The van der Waals surface area contributed by atoms with Crippen LogP contribution in [0.4, 0.5) is 0 Å². The van der Waals surface area contributed by atoms with Gasteiger partial charge >= 0.3 is 0 Å². The van der Waals surface area contributed by atoms with Crippen molar-refractivity contribution in [1.82, 2.24) is 30.2 Å². The van der Waals surface area contributed by atoms with Gasteiger partial charge in [-0.05, 0) is 56.9 Å². The lowest BCUT2D eigenvalue weighted by Gasteiger charge is -2.31. The zero-order chi connectivity index (χ0) is 26.7. The van der Waals surface area contributed by atoms with E-state index in [1.54, 1.807) is 13.8 Å². The monoisotopic (exact) mass is 500 g/mol. The minimum absolute atomic E-state index is 0.123. The van der Waals surface area contributed by atoms with Crippen molar-refractivity contribution in [2.75, 3.05) is 6.54 Å². The van der Waals surface area contributed by atoms with Gasteiger partial charge in [-0.25, -0.2) is 15.0 Å². The minimum Gasteiger partial charge on any atom is -0.364 e. The van der Waals surface area contributed by atoms with E-state index >= 15 is 0 Å². The maximum atomic E-state index is 12.9. The number of hydrogen-bond acceptors (Lipinski definition) is 8. The van der Waals surface area contributed by atoms with Crippen LogP contribution in [0.25, 0.3) is 11.5 Å². The van der Waals surface area contributed by atoms with Crippen LogP contribution in [0, 0.1) is 20.8 Å². The first-order valence-electron chi connectivity index (χ1n) is 11.9. The molecule has 3 heterocycles. The first-order valence-corrected chi connectivity index (χ1v) is 11.9. The molecule has 4 rings (SSSR count). The molecule has 190 valence electrons. The number of allylic oxidation sites excluding steroid dienone is 2. The number of benzene rings is 1. The molecule has 0 atom stereocenters. The SMILES string of the molecule is C/C(C=O)=C(/C=O)N1CCc2ccc(CNC(=O)c3nc(-c4nc(C)cc(C)n4)c(C)c(=O)[nH]3)cc2C1. The van der Waals surface area contributed by atoms with E-state index < -0.39 is 11.5 Å². The summed E-state index contributed by atoms with van der Waals surface area (Å²) in [6.07, 6.45) is 2.14. The number of amides is 1. The summed E-state index contributed by atoms with van der Waals surface area (Å²) >= 11 is 0. The van der Waals surface area contributed by atoms with Crippen LogP contribution in [0.2, 0.25) is 0 Å². The number of aryl methyl sites for hydroxylation is 2. The number of carbonyl (C=O) groups is 3. The number of nitrogens with one attached hydrogen (secondary N) is 2. The summed E-state index contributed by atoms with van der Waals surface area (Å²) in [5, 5.41) is 2.80. The molecule has 3 aromatic rings. The summed E-state index contributed by atoms with van der Waals surface area (Å²) in [7, 11) is 0. The van der Waals surface area contributed by atoms with Crippen LogP contribution in [0.3, 0.4) is 0 Å². The number of aromatic nitrogens is 4. The predicted octanol–water partition coefficient (Wildman–Crippen LogP) is 2.11. The van der Waals surface area contributed by atoms with E-state index in [1.165, 1.54) is 0 Å². The predicted molar refractivity (Wildman–Crippen MR) is 137 cm³/mol. The molecule has 0 radical (unpaired) electrons. The Morgan fingerprint density at radius 1 is 1.05 bits per heavy atom. The highest BCUT2D eigenvalue weighted by Crippen LogP contribution is 2.24. The van der Waals surface area contributed by atoms with Gasteiger partial charge in [0.05, 0.1) is 5.70 Å². The van der Waals surface area contributed by atoms with Gasteiger partial charge in [-0.3, -0.25) is 19.2 Å². The van der Waals surface area contributed by atoms with E-state index in [0.717, 1.165) is 34.5 Å². The average Bonchev–Trinajstić information content (AvgIpc) is 2.88. The third-order valence-electron chi connectivity index (χ3n) is 6.33. The smallest absolute Gasteiger partial charge is 0.287 e. The quantitative estimate of drug-likeness (QED) is 0.372. The molecular formula is C27H28N6O4. The number of aromatic amines is 1. The zero-order valence-corrected chi connectivity index (χ0v) is 21.2. The van der Waals surface area contributed by atoms with Crippen molar-refractivity contribution in [2.24, 2.45) is 0 Å². The first-order chi connectivity index (χ1) is 17.7. The van der Waals surface area contributed by atoms with Gasteiger partial charge < -0.3 is 15.2 Å². The molecule has 37 heavy (non-hydrogen) atoms. The van der Waals surface area contributed by atoms with E-state index in [1.807, 2.05) is 43.0 Å². The molecule has 0 bridgehead atoms. The minimum atomic E-state index is -0.533. The number of nitrogens with zero attached hydrogens (tertiary/aromatic N) is 4. The Balaban J connectivity index is 1.53. The average molecular weight is 501 g/mol. The molecule has 0 fully saturated rings. The summed E-state index contributed by atoms with van der Waals surface area (Å²) in [5.41, 5.74) is 5.44. The molecule has 10 heteroatoms. The van der Waals surface area contributed by atoms with E-state index in [-0.39, 0.29) is 18.1 Å². The third kappa shape index (κ3) is 5.53. The van der Waals surface area contributed by atoms with Crippen molar-refractivity contribution in [3.05, 3.63) is 85.4 Å². The summed E-state index contributed by atoms with van der Waals surface area (Å²) < 4.78 is 0. The maximum absolute atomic E-state index is 12.9. The highest BCUT2D eigenvalue weighted by atomic mass is 16.2. The molecule has 1 aliphatic rings. The van der Waals surface area contributed by atoms with Gasteiger partial charge in [-0.15, -0.1) is 0 Å². The first kappa shape index (κ1) is 25.6. The fraction of sp³-hybridized carbons (Fsp3) is 0.296. The van der Waals surface area contributed by atoms with Gasteiger partial charge in [0, 0.05) is 42.2 Å². The van der Waals surface area contributed by atoms with Crippen LogP contribution in [-0.4, -0.2) is 49.9 Å². The van der Waals surface area contributed by atoms with E-state index in [4.69, 9.17) is 0 Å². The van der Waals surface area contributed by atoms with Crippen molar-refractivity contribution >= 4 is 18.5 Å². The van der Waals surface area contributed by atoms with Gasteiger partial charge in [0.1, 0.15) is 12.0 Å². The Morgan fingerprint density at radius 3 is 2.46 bits per heavy atom. The molecule has 0 unspecified atom stereocenters. The number of aldehydes is 2. The number of fused-ring (bicyclic) bond motifs is 1. The molecule has 10 nitrogen and oxygen atoms in total. The molecule has 0 saturated carbocycles. The molecule has 2 aromatic heterocycles. The maximum Gasteiger partial charge on any atom is 0.287 e. The van der Waals surface area contributed by atoms with E-state index in [9.17, 15) is 19.2 Å². The van der Waals surface area contributed by atoms with Crippen LogP contribution >= 0.6 is 0 Å². The number of carbonyl (C=O) groups excluding carboxylic acids is 3. The lowest BCUT2D eigenvalue weighted by Crippen LogP contribution is -2.32. The third-order valence-corrected chi connectivity index (χ3v) is 6.33. The van der Waals surface area contributed by atoms with Crippen molar-refractivity contribution in [1.29, 1.82) is 0 Å². The fourth-order valence-electron chi connectivity index (χ4n) is 4.36. The molecule has 1 amide bonds. The fourth-order valence-corrected chi connectivity index (χ4v) is 4.36. The van der Waals surface area contributed by atoms with Gasteiger partial charge in [0.25, 0.3) is 11.5 Å².